The number of ether oxygens (including phenoxy) is 1. The number of imidazole rings is 1. The molecule has 0 atom stereocenters. The summed E-state index contributed by atoms with van der Waals surface area (Å²) in [4.78, 5) is 4.36. The van der Waals surface area contributed by atoms with Gasteiger partial charge in [0.25, 0.3) is 0 Å². The molecule has 1 aromatic heterocycles. The van der Waals surface area contributed by atoms with E-state index >= 15 is 0 Å². The smallest absolute Gasteiger partial charge is 0.201 e. The Labute approximate surface area is 115 Å². The fraction of sp³-hybridized carbons (Fsp3) is 0.462. The van der Waals surface area contributed by atoms with Gasteiger partial charge in [-0.25, -0.2) is 4.98 Å². The lowest BCUT2D eigenvalue weighted by atomic mass is 10.1. The number of benzene rings is 1. The molecule has 0 aliphatic carbocycles. The lowest BCUT2D eigenvalue weighted by Crippen LogP contribution is -2.31. The van der Waals surface area contributed by atoms with E-state index in [1.165, 1.54) is 0 Å². The SMILES string of the molecule is CCOC(C)(C)Cn1c(N)nc2ccc(Br)cc21. The molecule has 2 aromatic rings. The zero-order valence-corrected chi connectivity index (χ0v) is 12.5. The number of nitrogens with two attached hydrogens (primary N) is 1. The van der Waals surface area contributed by atoms with Crippen LogP contribution >= 0.6 is 15.9 Å². The van der Waals surface area contributed by atoms with Gasteiger partial charge in [0.05, 0.1) is 23.2 Å². The van der Waals surface area contributed by atoms with Gasteiger partial charge in [-0.3, -0.25) is 0 Å². The number of hydrogen-bond acceptors (Lipinski definition) is 3. The maximum Gasteiger partial charge on any atom is 0.201 e. The summed E-state index contributed by atoms with van der Waals surface area (Å²) in [6.07, 6.45) is 0. The molecule has 98 valence electrons. The van der Waals surface area contributed by atoms with Crippen LogP contribution in [0.2, 0.25) is 0 Å². The average molecular weight is 312 g/mol. The van der Waals surface area contributed by atoms with Crippen molar-refractivity contribution in [3.8, 4) is 0 Å². The van der Waals surface area contributed by atoms with Crippen molar-refractivity contribution in [3.63, 3.8) is 0 Å². The summed E-state index contributed by atoms with van der Waals surface area (Å²) >= 11 is 3.47. The van der Waals surface area contributed by atoms with Crippen LogP contribution in [-0.4, -0.2) is 21.8 Å². The van der Waals surface area contributed by atoms with Gasteiger partial charge in [0.15, 0.2) is 0 Å². The molecular formula is C13H18BrN3O. The van der Waals surface area contributed by atoms with Crippen molar-refractivity contribution in [2.45, 2.75) is 32.9 Å². The summed E-state index contributed by atoms with van der Waals surface area (Å²) in [5, 5.41) is 0. The first-order valence-corrected chi connectivity index (χ1v) is 6.77. The third-order valence-corrected chi connectivity index (χ3v) is 3.31. The Morgan fingerprint density at radius 2 is 2.17 bits per heavy atom. The molecule has 0 fully saturated rings. The molecule has 0 aliphatic heterocycles. The van der Waals surface area contributed by atoms with E-state index in [1.807, 2.05) is 29.7 Å². The summed E-state index contributed by atoms with van der Waals surface area (Å²) in [5.74, 6) is 0.524. The molecule has 0 aliphatic rings. The van der Waals surface area contributed by atoms with Gasteiger partial charge in [-0.05, 0) is 39.0 Å². The number of aromatic nitrogens is 2. The monoisotopic (exact) mass is 311 g/mol. The summed E-state index contributed by atoms with van der Waals surface area (Å²) in [6, 6.07) is 5.95. The number of rotatable bonds is 4. The van der Waals surface area contributed by atoms with Gasteiger partial charge in [-0.15, -0.1) is 0 Å². The number of halogens is 1. The highest BCUT2D eigenvalue weighted by Crippen LogP contribution is 2.25. The first-order chi connectivity index (χ1) is 8.43. The molecule has 0 bridgehead atoms. The summed E-state index contributed by atoms with van der Waals surface area (Å²) in [7, 11) is 0. The van der Waals surface area contributed by atoms with E-state index in [0.29, 0.717) is 19.1 Å². The second-order valence-electron chi connectivity index (χ2n) is 4.88. The van der Waals surface area contributed by atoms with Crippen molar-refractivity contribution >= 4 is 32.9 Å². The zero-order valence-electron chi connectivity index (χ0n) is 10.9. The average Bonchev–Trinajstić information content (AvgIpc) is 2.55. The van der Waals surface area contributed by atoms with Crippen LogP contribution < -0.4 is 5.73 Å². The predicted molar refractivity (Wildman–Crippen MR) is 77.6 cm³/mol. The van der Waals surface area contributed by atoms with Crippen LogP contribution in [0, 0.1) is 0 Å². The van der Waals surface area contributed by atoms with Gasteiger partial charge in [0, 0.05) is 11.1 Å². The van der Waals surface area contributed by atoms with E-state index in [4.69, 9.17) is 10.5 Å². The molecule has 1 aromatic carbocycles. The maximum absolute atomic E-state index is 5.99. The van der Waals surface area contributed by atoms with Crippen molar-refractivity contribution in [3.05, 3.63) is 22.7 Å². The van der Waals surface area contributed by atoms with E-state index in [9.17, 15) is 0 Å². The number of anilines is 1. The van der Waals surface area contributed by atoms with Crippen molar-refractivity contribution in [2.24, 2.45) is 0 Å². The molecule has 0 saturated carbocycles. The first-order valence-electron chi connectivity index (χ1n) is 5.98. The van der Waals surface area contributed by atoms with Crippen LogP contribution in [0.15, 0.2) is 22.7 Å². The van der Waals surface area contributed by atoms with Gasteiger partial charge in [0.1, 0.15) is 0 Å². The second-order valence-corrected chi connectivity index (χ2v) is 5.80. The lowest BCUT2D eigenvalue weighted by Gasteiger charge is -2.25. The van der Waals surface area contributed by atoms with Crippen molar-refractivity contribution < 1.29 is 4.74 Å². The largest absolute Gasteiger partial charge is 0.374 e. The van der Waals surface area contributed by atoms with E-state index in [-0.39, 0.29) is 5.60 Å². The molecule has 5 heteroatoms. The van der Waals surface area contributed by atoms with Gasteiger partial charge in [-0.1, -0.05) is 15.9 Å². The molecule has 18 heavy (non-hydrogen) atoms. The van der Waals surface area contributed by atoms with Crippen LogP contribution in [0.1, 0.15) is 20.8 Å². The van der Waals surface area contributed by atoms with Crippen LogP contribution in [-0.2, 0) is 11.3 Å². The Bertz CT molecular complexity index is 563. The summed E-state index contributed by atoms with van der Waals surface area (Å²) in [6.45, 7) is 7.47. The fourth-order valence-corrected chi connectivity index (χ4v) is 2.45. The number of nitrogens with zero attached hydrogens (tertiary/aromatic N) is 2. The number of nitrogen functional groups attached to an aromatic ring is 1. The highest BCUT2D eigenvalue weighted by Gasteiger charge is 2.21. The summed E-state index contributed by atoms with van der Waals surface area (Å²) in [5.41, 5.74) is 7.65. The Kier molecular flexibility index (Phi) is 3.64. The molecule has 0 spiro atoms. The molecule has 0 saturated heterocycles. The van der Waals surface area contributed by atoms with Crippen molar-refractivity contribution in [2.75, 3.05) is 12.3 Å². The van der Waals surface area contributed by atoms with Crippen molar-refractivity contribution in [1.29, 1.82) is 0 Å². The van der Waals surface area contributed by atoms with E-state index in [0.717, 1.165) is 15.5 Å². The van der Waals surface area contributed by atoms with E-state index in [1.54, 1.807) is 0 Å². The summed E-state index contributed by atoms with van der Waals surface area (Å²) < 4.78 is 8.74. The number of fused-ring (bicyclic) bond motifs is 1. The van der Waals surface area contributed by atoms with Crippen LogP contribution in [0.25, 0.3) is 11.0 Å². The molecule has 0 unspecified atom stereocenters. The number of hydrogen-bond donors (Lipinski definition) is 1. The van der Waals surface area contributed by atoms with Crippen LogP contribution in [0.3, 0.4) is 0 Å². The van der Waals surface area contributed by atoms with E-state index < -0.39 is 0 Å². The highest BCUT2D eigenvalue weighted by atomic mass is 79.9. The molecule has 2 N–H and O–H groups in total. The Morgan fingerprint density at radius 3 is 2.83 bits per heavy atom. The Morgan fingerprint density at radius 1 is 1.44 bits per heavy atom. The minimum absolute atomic E-state index is 0.265. The molecule has 1 heterocycles. The van der Waals surface area contributed by atoms with Gasteiger partial charge < -0.3 is 15.0 Å². The Hall–Kier alpha value is -1.07. The van der Waals surface area contributed by atoms with Gasteiger partial charge in [-0.2, -0.15) is 0 Å². The lowest BCUT2D eigenvalue weighted by molar-refractivity contribution is -0.0212. The quantitative estimate of drug-likeness (QED) is 0.943. The predicted octanol–water partition coefficient (Wildman–Crippen LogP) is 3.20. The highest BCUT2D eigenvalue weighted by molar-refractivity contribution is 9.10. The first kappa shape index (κ1) is 13.4. The maximum atomic E-state index is 5.99. The third-order valence-electron chi connectivity index (χ3n) is 2.81. The molecule has 4 nitrogen and oxygen atoms in total. The van der Waals surface area contributed by atoms with Gasteiger partial charge in [0.2, 0.25) is 5.95 Å². The third kappa shape index (κ3) is 2.67. The molecule has 0 radical (unpaired) electrons. The van der Waals surface area contributed by atoms with Crippen molar-refractivity contribution in [1.82, 2.24) is 9.55 Å². The van der Waals surface area contributed by atoms with Crippen LogP contribution in [0.4, 0.5) is 5.95 Å². The Balaban J connectivity index is 2.43. The molecule has 2 rings (SSSR count). The topological polar surface area (TPSA) is 53.1 Å². The standard InChI is InChI=1S/C13H18BrN3O/c1-4-18-13(2,3)8-17-11-7-9(14)5-6-10(11)16-12(17)15/h5-7H,4,8H2,1-3H3,(H2,15,16). The fourth-order valence-electron chi connectivity index (χ4n) is 2.10. The van der Waals surface area contributed by atoms with E-state index in [2.05, 4.69) is 34.8 Å². The second kappa shape index (κ2) is 4.90. The normalized spacial score (nSPS) is 12.2. The van der Waals surface area contributed by atoms with Crippen LogP contribution in [0.5, 0.6) is 0 Å². The zero-order chi connectivity index (χ0) is 13.3. The molecule has 0 amide bonds. The minimum Gasteiger partial charge on any atom is -0.374 e. The molecular weight excluding hydrogens is 294 g/mol. The van der Waals surface area contributed by atoms with Gasteiger partial charge >= 0.3 is 0 Å². The minimum atomic E-state index is -0.265.